The summed E-state index contributed by atoms with van der Waals surface area (Å²) in [6, 6.07) is 8.51. The number of ether oxygens (including phenoxy) is 1. The number of carbonyl (C=O) groups excluding carboxylic acids is 1. The lowest BCUT2D eigenvalue weighted by Crippen LogP contribution is -2.23. The summed E-state index contributed by atoms with van der Waals surface area (Å²) in [5.74, 6) is -0.381. The van der Waals surface area contributed by atoms with Crippen LogP contribution in [0.4, 0.5) is 0 Å². The molecule has 0 heterocycles. The molecule has 17 heavy (non-hydrogen) atoms. The molecule has 0 saturated carbocycles. The van der Waals surface area contributed by atoms with E-state index in [0.717, 1.165) is 5.56 Å². The minimum atomic E-state index is -1.50. The standard InChI is InChI=1S/C10H13NO2.HNO3/c1-2-13-10(12)9(11)8-6-4-3-5-7-8;2-1(3)4/h3-7,9H,2,11H2,1H3;(H,2,3,4). The first kappa shape index (κ1) is 14.8. The Labute approximate surface area is 97.9 Å². The molecule has 1 aromatic carbocycles. The highest BCUT2D eigenvalue weighted by molar-refractivity contribution is 5.77. The maximum atomic E-state index is 11.2. The molecule has 7 nitrogen and oxygen atoms in total. The molecule has 0 fully saturated rings. The summed E-state index contributed by atoms with van der Waals surface area (Å²) in [7, 11) is 0. The number of esters is 1. The van der Waals surface area contributed by atoms with Crippen molar-refractivity contribution in [1.29, 1.82) is 0 Å². The van der Waals surface area contributed by atoms with Gasteiger partial charge in [-0.3, -0.25) is 0 Å². The van der Waals surface area contributed by atoms with Crippen LogP contribution in [0.5, 0.6) is 0 Å². The largest absolute Gasteiger partial charge is 0.465 e. The van der Waals surface area contributed by atoms with Crippen LogP contribution < -0.4 is 5.73 Å². The molecule has 0 aliphatic rings. The first-order chi connectivity index (χ1) is 7.99. The summed E-state index contributed by atoms with van der Waals surface area (Å²) >= 11 is 0. The molecular weight excluding hydrogens is 228 g/mol. The molecule has 0 aliphatic heterocycles. The number of nitrogens with two attached hydrogens (primary N) is 1. The number of nitrogens with zero attached hydrogens (tertiary/aromatic N) is 1. The third-order valence-corrected chi connectivity index (χ3v) is 1.70. The Morgan fingerprint density at radius 2 is 2.00 bits per heavy atom. The van der Waals surface area contributed by atoms with E-state index in [4.69, 9.17) is 25.8 Å². The zero-order chi connectivity index (χ0) is 13.3. The van der Waals surface area contributed by atoms with Gasteiger partial charge in [-0.15, -0.1) is 10.1 Å². The van der Waals surface area contributed by atoms with E-state index in [2.05, 4.69) is 0 Å². The summed E-state index contributed by atoms with van der Waals surface area (Å²) in [6.07, 6.45) is 0. The fourth-order valence-corrected chi connectivity index (χ4v) is 1.03. The third-order valence-electron chi connectivity index (χ3n) is 1.70. The molecular formula is C10H14N2O5. The molecule has 0 amide bonds. The van der Waals surface area contributed by atoms with Crippen LogP contribution >= 0.6 is 0 Å². The zero-order valence-electron chi connectivity index (χ0n) is 9.28. The van der Waals surface area contributed by atoms with Gasteiger partial charge in [0.2, 0.25) is 0 Å². The molecule has 3 N–H and O–H groups in total. The molecule has 0 radical (unpaired) electrons. The maximum Gasteiger partial charge on any atom is 0.327 e. The van der Waals surface area contributed by atoms with Crippen molar-refractivity contribution in [2.75, 3.05) is 6.61 Å². The Kier molecular flexibility index (Phi) is 7.04. The van der Waals surface area contributed by atoms with Crippen molar-refractivity contribution in [3.63, 3.8) is 0 Å². The quantitative estimate of drug-likeness (QED) is 0.462. The number of hydrogen-bond donors (Lipinski definition) is 2. The normalized spacial score (nSPS) is 10.7. The van der Waals surface area contributed by atoms with Crippen molar-refractivity contribution in [3.05, 3.63) is 46.0 Å². The first-order valence-corrected chi connectivity index (χ1v) is 4.79. The van der Waals surface area contributed by atoms with Crippen LogP contribution in [0, 0.1) is 10.1 Å². The molecule has 94 valence electrons. The van der Waals surface area contributed by atoms with Crippen LogP contribution in [0.15, 0.2) is 30.3 Å². The van der Waals surface area contributed by atoms with Gasteiger partial charge in [0.25, 0.3) is 5.09 Å². The van der Waals surface area contributed by atoms with E-state index in [0.29, 0.717) is 6.61 Å². The molecule has 1 rings (SSSR count). The topological polar surface area (TPSA) is 116 Å². The molecule has 0 aliphatic carbocycles. The Hall–Kier alpha value is -2.15. The van der Waals surface area contributed by atoms with Gasteiger partial charge in [-0.05, 0) is 12.5 Å². The summed E-state index contributed by atoms with van der Waals surface area (Å²) < 4.78 is 4.79. The Balaban J connectivity index is 0.000000557. The van der Waals surface area contributed by atoms with E-state index in [1.807, 2.05) is 30.3 Å². The third kappa shape index (κ3) is 6.85. The molecule has 0 saturated heterocycles. The Morgan fingerprint density at radius 3 is 2.41 bits per heavy atom. The lowest BCUT2D eigenvalue weighted by molar-refractivity contribution is -0.742. The average molecular weight is 242 g/mol. The molecule has 1 aromatic rings. The van der Waals surface area contributed by atoms with Gasteiger partial charge in [0.05, 0.1) is 6.61 Å². The second-order valence-electron chi connectivity index (χ2n) is 2.88. The van der Waals surface area contributed by atoms with Gasteiger partial charge < -0.3 is 15.7 Å². The summed E-state index contributed by atoms with van der Waals surface area (Å²) in [6.45, 7) is 2.12. The van der Waals surface area contributed by atoms with E-state index < -0.39 is 11.1 Å². The van der Waals surface area contributed by atoms with E-state index in [9.17, 15) is 4.79 Å². The average Bonchev–Trinajstić information content (AvgIpc) is 2.29. The van der Waals surface area contributed by atoms with Crippen LogP contribution in [-0.4, -0.2) is 22.9 Å². The van der Waals surface area contributed by atoms with Gasteiger partial charge in [0.1, 0.15) is 6.04 Å². The van der Waals surface area contributed by atoms with Gasteiger partial charge in [-0.2, -0.15) is 0 Å². The number of benzene rings is 1. The van der Waals surface area contributed by atoms with E-state index in [-0.39, 0.29) is 5.97 Å². The number of carbonyl (C=O) groups is 1. The summed E-state index contributed by atoms with van der Waals surface area (Å²) in [4.78, 5) is 19.6. The van der Waals surface area contributed by atoms with Crippen LogP contribution in [0.3, 0.4) is 0 Å². The van der Waals surface area contributed by atoms with Crippen molar-refractivity contribution in [1.82, 2.24) is 0 Å². The van der Waals surface area contributed by atoms with Gasteiger partial charge in [0.15, 0.2) is 0 Å². The predicted molar refractivity (Wildman–Crippen MR) is 58.8 cm³/mol. The van der Waals surface area contributed by atoms with Gasteiger partial charge >= 0.3 is 5.97 Å². The Bertz CT molecular complexity index is 351. The van der Waals surface area contributed by atoms with Gasteiger partial charge in [-0.25, -0.2) is 4.79 Å². The minimum Gasteiger partial charge on any atom is -0.465 e. The zero-order valence-corrected chi connectivity index (χ0v) is 9.28. The van der Waals surface area contributed by atoms with Crippen molar-refractivity contribution < 1.29 is 19.8 Å². The van der Waals surface area contributed by atoms with Gasteiger partial charge in [0, 0.05) is 0 Å². The van der Waals surface area contributed by atoms with Crippen molar-refractivity contribution in [2.45, 2.75) is 13.0 Å². The highest BCUT2D eigenvalue weighted by Gasteiger charge is 2.15. The molecule has 1 unspecified atom stereocenters. The number of rotatable bonds is 3. The minimum absolute atomic E-state index is 0.360. The summed E-state index contributed by atoms with van der Waals surface area (Å²) in [5, 5.41) is 13.6. The van der Waals surface area contributed by atoms with Crippen LogP contribution in [0.2, 0.25) is 0 Å². The second kappa shape index (κ2) is 8.05. The lowest BCUT2D eigenvalue weighted by atomic mass is 10.1. The van der Waals surface area contributed by atoms with E-state index in [1.165, 1.54) is 0 Å². The fourth-order valence-electron chi connectivity index (χ4n) is 1.03. The Morgan fingerprint density at radius 1 is 1.53 bits per heavy atom. The first-order valence-electron chi connectivity index (χ1n) is 4.79. The molecule has 0 spiro atoms. The van der Waals surface area contributed by atoms with Crippen molar-refractivity contribution >= 4 is 5.97 Å². The molecule has 0 aromatic heterocycles. The van der Waals surface area contributed by atoms with Crippen LogP contribution in [0.1, 0.15) is 18.5 Å². The highest BCUT2D eigenvalue weighted by Crippen LogP contribution is 2.10. The molecule has 0 bridgehead atoms. The smallest absolute Gasteiger partial charge is 0.327 e. The highest BCUT2D eigenvalue weighted by atomic mass is 16.9. The monoisotopic (exact) mass is 242 g/mol. The van der Waals surface area contributed by atoms with E-state index >= 15 is 0 Å². The van der Waals surface area contributed by atoms with E-state index in [1.54, 1.807) is 6.92 Å². The summed E-state index contributed by atoms with van der Waals surface area (Å²) in [5.41, 5.74) is 6.43. The second-order valence-corrected chi connectivity index (χ2v) is 2.88. The van der Waals surface area contributed by atoms with Crippen LogP contribution in [-0.2, 0) is 9.53 Å². The predicted octanol–water partition coefficient (Wildman–Crippen LogP) is 0.902. The van der Waals surface area contributed by atoms with Crippen molar-refractivity contribution in [2.24, 2.45) is 5.73 Å². The van der Waals surface area contributed by atoms with Crippen molar-refractivity contribution in [3.8, 4) is 0 Å². The fraction of sp³-hybridized carbons (Fsp3) is 0.300. The molecule has 1 atom stereocenters. The lowest BCUT2D eigenvalue weighted by Gasteiger charge is -2.09. The molecule has 7 heteroatoms. The maximum absolute atomic E-state index is 11.2. The SMILES string of the molecule is CCOC(=O)C(N)c1ccccc1.O=[N+]([O-])O. The number of hydrogen-bond acceptors (Lipinski definition) is 5. The van der Waals surface area contributed by atoms with Crippen LogP contribution in [0.25, 0.3) is 0 Å². The van der Waals surface area contributed by atoms with Gasteiger partial charge in [-0.1, -0.05) is 30.3 Å².